The predicted molar refractivity (Wildman–Crippen MR) is 75.0 cm³/mol. The highest BCUT2D eigenvalue weighted by atomic mass is 35.5. The average molecular weight is 303 g/mol. The van der Waals surface area contributed by atoms with Crippen molar-refractivity contribution >= 4 is 40.3 Å². The number of ketones is 1. The summed E-state index contributed by atoms with van der Waals surface area (Å²) in [6.07, 6.45) is 0.293. The lowest BCUT2D eigenvalue weighted by Crippen LogP contribution is -2.09. The first-order valence-corrected chi connectivity index (χ1v) is 7.10. The van der Waals surface area contributed by atoms with Crippen LogP contribution in [0.1, 0.15) is 28.7 Å². The summed E-state index contributed by atoms with van der Waals surface area (Å²) in [5.41, 5.74) is 2.31. The van der Waals surface area contributed by atoms with E-state index in [1.165, 1.54) is 11.3 Å². The van der Waals surface area contributed by atoms with E-state index in [2.05, 4.69) is 5.10 Å². The van der Waals surface area contributed by atoms with E-state index in [9.17, 15) is 4.79 Å². The van der Waals surface area contributed by atoms with Crippen LogP contribution < -0.4 is 0 Å². The van der Waals surface area contributed by atoms with E-state index in [0.717, 1.165) is 17.9 Å². The number of thiophene rings is 1. The molecule has 96 valence electrons. The van der Waals surface area contributed by atoms with Gasteiger partial charge in [0.1, 0.15) is 4.34 Å². The Morgan fingerprint density at radius 2 is 2.17 bits per heavy atom. The van der Waals surface area contributed by atoms with Gasteiger partial charge in [0.05, 0.1) is 16.5 Å². The molecule has 18 heavy (non-hydrogen) atoms. The molecular weight excluding hydrogens is 291 g/mol. The number of aromatic nitrogens is 2. The summed E-state index contributed by atoms with van der Waals surface area (Å²) in [7, 11) is 0. The van der Waals surface area contributed by atoms with Gasteiger partial charge in [-0.05, 0) is 26.0 Å². The molecule has 0 radical (unpaired) electrons. The molecule has 0 aliphatic heterocycles. The SMILES string of the molecule is CCn1nc(C)cc1CC(=O)c1cc(Cl)sc1Cl. The maximum Gasteiger partial charge on any atom is 0.171 e. The molecule has 0 amide bonds. The number of hydrogen-bond donors (Lipinski definition) is 0. The largest absolute Gasteiger partial charge is 0.294 e. The number of Topliss-reactive ketones (excluding diaryl/α,β-unsaturated/α-hetero) is 1. The molecule has 0 fully saturated rings. The molecule has 2 rings (SSSR count). The van der Waals surface area contributed by atoms with Crippen LogP contribution in [-0.2, 0) is 13.0 Å². The molecule has 6 heteroatoms. The van der Waals surface area contributed by atoms with Crippen molar-refractivity contribution in [1.82, 2.24) is 9.78 Å². The van der Waals surface area contributed by atoms with Crippen LogP contribution in [0.25, 0.3) is 0 Å². The molecule has 2 aromatic rings. The van der Waals surface area contributed by atoms with Crippen molar-refractivity contribution in [2.24, 2.45) is 0 Å². The summed E-state index contributed by atoms with van der Waals surface area (Å²) in [6, 6.07) is 3.54. The molecule has 0 N–H and O–H groups in total. The van der Waals surface area contributed by atoms with Crippen molar-refractivity contribution in [3.8, 4) is 0 Å². The van der Waals surface area contributed by atoms with Crippen molar-refractivity contribution in [3.05, 3.63) is 37.8 Å². The molecule has 0 saturated heterocycles. The zero-order chi connectivity index (χ0) is 13.3. The summed E-state index contributed by atoms with van der Waals surface area (Å²) in [5.74, 6) is -0.0299. The maximum absolute atomic E-state index is 12.1. The minimum Gasteiger partial charge on any atom is -0.294 e. The Morgan fingerprint density at radius 1 is 1.44 bits per heavy atom. The predicted octanol–water partition coefficient (Wildman–Crippen LogP) is 4.01. The Balaban J connectivity index is 2.23. The standard InChI is InChI=1S/C12H12Cl2N2OS/c1-3-16-8(4-7(2)15-16)5-10(17)9-6-11(13)18-12(9)14/h4,6H,3,5H2,1-2H3. The van der Waals surface area contributed by atoms with Crippen LogP contribution in [0.4, 0.5) is 0 Å². The van der Waals surface area contributed by atoms with Crippen LogP contribution in [0.2, 0.25) is 8.67 Å². The zero-order valence-corrected chi connectivity index (χ0v) is 12.4. The van der Waals surface area contributed by atoms with Gasteiger partial charge in [-0.15, -0.1) is 11.3 Å². The Kier molecular flexibility index (Phi) is 4.10. The summed E-state index contributed by atoms with van der Waals surface area (Å²) >= 11 is 13.0. The number of hydrogen-bond acceptors (Lipinski definition) is 3. The van der Waals surface area contributed by atoms with Gasteiger partial charge < -0.3 is 0 Å². The first kappa shape index (κ1) is 13.6. The number of rotatable bonds is 4. The van der Waals surface area contributed by atoms with E-state index in [1.807, 2.05) is 24.6 Å². The van der Waals surface area contributed by atoms with Crippen molar-refractivity contribution in [3.63, 3.8) is 0 Å². The highest BCUT2D eigenvalue weighted by Gasteiger charge is 2.16. The second-order valence-electron chi connectivity index (χ2n) is 3.93. The van der Waals surface area contributed by atoms with E-state index in [-0.39, 0.29) is 5.78 Å². The lowest BCUT2D eigenvalue weighted by molar-refractivity contribution is 0.0991. The Labute approximate surface area is 119 Å². The van der Waals surface area contributed by atoms with Gasteiger partial charge in [0.25, 0.3) is 0 Å². The molecule has 0 saturated carbocycles. The van der Waals surface area contributed by atoms with Crippen LogP contribution in [0.15, 0.2) is 12.1 Å². The molecule has 0 bridgehead atoms. The summed E-state index contributed by atoms with van der Waals surface area (Å²) in [6.45, 7) is 4.65. The fraction of sp³-hybridized carbons (Fsp3) is 0.333. The van der Waals surface area contributed by atoms with E-state index in [4.69, 9.17) is 23.2 Å². The van der Waals surface area contributed by atoms with Gasteiger partial charge in [-0.3, -0.25) is 9.48 Å². The lowest BCUT2D eigenvalue weighted by atomic mass is 10.1. The van der Waals surface area contributed by atoms with Crippen molar-refractivity contribution in [2.75, 3.05) is 0 Å². The molecule has 2 heterocycles. The molecule has 0 unspecified atom stereocenters. The van der Waals surface area contributed by atoms with E-state index < -0.39 is 0 Å². The van der Waals surface area contributed by atoms with Gasteiger partial charge in [-0.2, -0.15) is 5.10 Å². The Morgan fingerprint density at radius 3 is 2.72 bits per heavy atom. The first-order valence-electron chi connectivity index (χ1n) is 5.52. The van der Waals surface area contributed by atoms with Crippen molar-refractivity contribution in [1.29, 1.82) is 0 Å². The van der Waals surface area contributed by atoms with E-state index in [1.54, 1.807) is 6.07 Å². The molecule has 3 nitrogen and oxygen atoms in total. The smallest absolute Gasteiger partial charge is 0.171 e. The second kappa shape index (κ2) is 5.43. The number of carbonyl (C=O) groups is 1. The molecule has 0 aliphatic rings. The molecule has 0 spiro atoms. The molecular formula is C12H12Cl2N2OS. The van der Waals surface area contributed by atoms with Crippen LogP contribution >= 0.6 is 34.5 Å². The van der Waals surface area contributed by atoms with Gasteiger partial charge in [-0.1, -0.05) is 23.2 Å². The summed E-state index contributed by atoms with van der Waals surface area (Å²) < 4.78 is 2.81. The van der Waals surface area contributed by atoms with Gasteiger partial charge in [0.15, 0.2) is 5.78 Å². The summed E-state index contributed by atoms with van der Waals surface area (Å²) in [4.78, 5) is 12.1. The van der Waals surface area contributed by atoms with Crippen LogP contribution in [-0.4, -0.2) is 15.6 Å². The topological polar surface area (TPSA) is 34.9 Å². The fourth-order valence-corrected chi connectivity index (χ4v) is 3.30. The van der Waals surface area contributed by atoms with Gasteiger partial charge in [0.2, 0.25) is 0 Å². The minimum atomic E-state index is -0.0299. The number of halogens is 2. The van der Waals surface area contributed by atoms with Gasteiger partial charge in [0, 0.05) is 17.8 Å². The second-order valence-corrected chi connectivity index (χ2v) is 6.22. The summed E-state index contributed by atoms with van der Waals surface area (Å²) in [5, 5.41) is 4.31. The van der Waals surface area contributed by atoms with Crippen LogP contribution in [0.5, 0.6) is 0 Å². The zero-order valence-electron chi connectivity index (χ0n) is 10.0. The third-order valence-electron chi connectivity index (χ3n) is 2.58. The fourth-order valence-electron chi connectivity index (χ4n) is 1.81. The molecule has 2 aromatic heterocycles. The number of carbonyl (C=O) groups excluding carboxylic acids is 1. The maximum atomic E-state index is 12.1. The van der Waals surface area contributed by atoms with Crippen molar-refractivity contribution < 1.29 is 4.79 Å². The monoisotopic (exact) mass is 302 g/mol. The van der Waals surface area contributed by atoms with Gasteiger partial charge in [-0.25, -0.2) is 0 Å². The first-order chi connectivity index (χ1) is 8.51. The Hall–Kier alpha value is -0.840. The Bertz CT molecular complexity index is 589. The highest BCUT2D eigenvalue weighted by molar-refractivity contribution is 7.20. The van der Waals surface area contributed by atoms with Crippen LogP contribution in [0.3, 0.4) is 0 Å². The third kappa shape index (κ3) is 2.76. The quantitative estimate of drug-likeness (QED) is 0.800. The van der Waals surface area contributed by atoms with E-state index in [0.29, 0.717) is 20.7 Å². The molecule has 0 atom stereocenters. The average Bonchev–Trinajstić information content (AvgIpc) is 2.81. The normalized spacial score (nSPS) is 10.9. The van der Waals surface area contributed by atoms with Crippen LogP contribution in [0, 0.1) is 6.92 Å². The highest BCUT2D eigenvalue weighted by Crippen LogP contribution is 2.31. The third-order valence-corrected chi connectivity index (χ3v) is 4.07. The van der Waals surface area contributed by atoms with Crippen molar-refractivity contribution in [2.45, 2.75) is 26.8 Å². The van der Waals surface area contributed by atoms with E-state index >= 15 is 0 Å². The minimum absolute atomic E-state index is 0.0299. The number of nitrogens with zero attached hydrogens (tertiary/aromatic N) is 2. The lowest BCUT2D eigenvalue weighted by Gasteiger charge is -2.03. The molecule has 0 aromatic carbocycles. The van der Waals surface area contributed by atoms with Gasteiger partial charge >= 0.3 is 0 Å². The molecule has 0 aliphatic carbocycles. The number of aryl methyl sites for hydroxylation is 2.